The van der Waals surface area contributed by atoms with Crippen LogP contribution in [0.3, 0.4) is 0 Å². The minimum atomic E-state index is -0.747. The second-order valence-electron chi connectivity index (χ2n) is 7.03. The van der Waals surface area contributed by atoms with Gasteiger partial charge < -0.3 is 24.7 Å². The number of methoxy groups -OCH3 is 2. The van der Waals surface area contributed by atoms with E-state index in [2.05, 4.69) is 26.2 Å². The van der Waals surface area contributed by atoms with Gasteiger partial charge in [-0.3, -0.25) is 14.5 Å². The van der Waals surface area contributed by atoms with Crippen molar-refractivity contribution in [3.8, 4) is 11.5 Å². The van der Waals surface area contributed by atoms with Crippen molar-refractivity contribution in [2.45, 2.75) is 18.9 Å². The molecule has 29 heavy (non-hydrogen) atoms. The lowest BCUT2D eigenvalue weighted by Crippen LogP contribution is -2.41. The number of carbonyl (C=O) groups is 2. The van der Waals surface area contributed by atoms with Crippen LogP contribution in [0.4, 0.5) is 5.69 Å². The fraction of sp³-hybridized carbons (Fsp3) is 0.429. The molecule has 2 heterocycles. The monoisotopic (exact) mass is 400 g/mol. The maximum absolute atomic E-state index is 12.5. The molecule has 1 unspecified atom stereocenters. The highest BCUT2D eigenvalue weighted by Gasteiger charge is 2.26. The zero-order valence-corrected chi connectivity index (χ0v) is 17.1. The van der Waals surface area contributed by atoms with E-state index in [1.54, 1.807) is 18.2 Å². The molecule has 0 bridgehead atoms. The van der Waals surface area contributed by atoms with Gasteiger partial charge in [-0.2, -0.15) is 0 Å². The van der Waals surface area contributed by atoms with Crippen LogP contribution in [0, 0.1) is 0 Å². The van der Waals surface area contributed by atoms with E-state index >= 15 is 0 Å². The summed E-state index contributed by atoms with van der Waals surface area (Å²) < 4.78 is 12.5. The predicted molar refractivity (Wildman–Crippen MR) is 110 cm³/mol. The minimum absolute atomic E-state index is 0.0283. The van der Waals surface area contributed by atoms with Crippen LogP contribution < -0.4 is 20.1 Å². The number of hydrogen-bond acceptors (Lipinski definition) is 5. The third-order valence-corrected chi connectivity index (χ3v) is 5.22. The van der Waals surface area contributed by atoms with Crippen molar-refractivity contribution >= 4 is 17.5 Å². The summed E-state index contributed by atoms with van der Waals surface area (Å²) in [6, 6.07) is 9.07. The van der Waals surface area contributed by atoms with Gasteiger partial charge in [0.1, 0.15) is 11.5 Å². The Morgan fingerprint density at radius 2 is 1.86 bits per heavy atom. The molecule has 2 N–H and O–H groups in total. The van der Waals surface area contributed by atoms with E-state index in [0.717, 1.165) is 31.6 Å². The lowest BCUT2D eigenvalue weighted by molar-refractivity contribution is -0.136. The molecule has 0 spiro atoms. The molecule has 1 aromatic heterocycles. The number of nitrogens with one attached hydrogen (secondary N) is 2. The first-order valence-corrected chi connectivity index (χ1v) is 9.70. The van der Waals surface area contributed by atoms with Crippen LogP contribution in [-0.2, 0) is 16.6 Å². The predicted octanol–water partition coefficient (Wildman–Crippen LogP) is 1.93. The highest BCUT2D eigenvalue weighted by atomic mass is 16.5. The summed E-state index contributed by atoms with van der Waals surface area (Å²) in [6.45, 7) is 2.33. The SMILES string of the molecule is COc1ccc(OC)c(NC(=O)C(=O)NCC(c2cccn2C)N2CCCC2)c1. The van der Waals surface area contributed by atoms with Gasteiger partial charge in [0.05, 0.1) is 25.9 Å². The Morgan fingerprint density at radius 1 is 1.10 bits per heavy atom. The zero-order chi connectivity index (χ0) is 20.8. The second kappa shape index (κ2) is 9.47. The van der Waals surface area contributed by atoms with Crippen molar-refractivity contribution in [3.63, 3.8) is 0 Å². The number of hydrogen-bond donors (Lipinski definition) is 2. The van der Waals surface area contributed by atoms with Crippen molar-refractivity contribution in [2.24, 2.45) is 7.05 Å². The summed E-state index contributed by atoms with van der Waals surface area (Å²) >= 11 is 0. The molecule has 1 aliphatic rings. The second-order valence-corrected chi connectivity index (χ2v) is 7.03. The van der Waals surface area contributed by atoms with Gasteiger partial charge in [0.15, 0.2) is 0 Å². The molecule has 1 aromatic carbocycles. The number of carbonyl (C=O) groups excluding carboxylic acids is 2. The Hall–Kier alpha value is -3.00. The number of benzene rings is 1. The fourth-order valence-corrected chi connectivity index (χ4v) is 3.65. The van der Waals surface area contributed by atoms with Gasteiger partial charge in [-0.15, -0.1) is 0 Å². The average molecular weight is 400 g/mol. The summed E-state index contributed by atoms with van der Waals surface area (Å²) in [4.78, 5) is 27.2. The average Bonchev–Trinajstić information content (AvgIpc) is 3.40. The van der Waals surface area contributed by atoms with Crippen molar-refractivity contribution in [1.82, 2.24) is 14.8 Å². The molecule has 8 heteroatoms. The first-order valence-electron chi connectivity index (χ1n) is 9.70. The maximum Gasteiger partial charge on any atom is 0.313 e. The van der Waals surface area contributed by atoms with E-state index in [1.165, 1.54) is 14.2 Å². The quantitative estimate of drug-likeness (QED) is 0.694. The number of anilines is 1. The van der Waals surface area contributed by atoms with E-state index in [4.69, 9.17) is 9.47 Å². The molecule has 1 atom stereocenters. The van der Waals surface area contributed by atoms with Crippen LogP contribution in [0.15, 0.2) is 36.5 Å². The lowest BCUT2D eigenvalue weighted by Gasteiger charge is -2.28. The smallest absolute Gasteiger partial charge is 0.313 e. The molecule has 3 rings (SSSR count). The van der Waals surface area contributed by atoms with Crippen LogP contribution in [0.1, 0.15) is 24.6 Å². The Balaban J connectivity index is 1.66. The third-order valence-electron chi connectivity index (χ3n) is 5.22. The molecule has 0 aliphatic carbocycles. The minimum Gasteiger partial charge on any atom is -0.497 e. The molecular weight excluding hydrogens is 372 g/mol. The Bertz CT molecular complexity index is 858. The summed E-state index contributed by atoms with van der Waals surface area (Å²) in [7, 11) is 5.02. The molecule has 1 aliphatic heterocycles. The van der Waals surface area contributed by atoms with E-state index in [-0.39, 0.29) is 6.04 Å². The number of aryl methyl sites for hydroxylation is 1. The fourth-order valence-electron chi connectivity index (χ4n) is 3.65. The van der Waals surface area contributed by atoms with Crippen molar-refractivity contribution < 1.29 is 19.1 Å². The zero-order valence-electron chi connectivity index (χ0n) is 17.1. The van der Waals surface area contributed by atoms with Gasteiger partial charge in [0.2, 0.25) is 0 Å². The molecule has 2 aromatic rings. The number of likely N-dealkylation sites (tertiary alicyclic amines) is 1. The first-order chi connectivity index (χ1) is 14.0. The number of nitrogens with zero attached hydrogens (tertiary/aromatic N) is 2. The summed E-state index contributed by atoms with van der Waals surface area (Å²) in [5.41, 5.74) is 1.49. The Kier molecular flexibility index (Phi) is 6.77. The van der Waals surface area contributed by atoms with Crippen molar-refractivity contribution in [1.29, 1.82) is 0 Å². The van der Waals surface area contributed by atoms with Crippen LogP contribution in [-0.4, -0.2) is 55.1 Å². The van der Waals surface area contributed by atoms with Crippen LogP contribution in [0.25, 0.3) is 0 Å². The number of ether oxygens (including phenoxy) is 2. The van der Waals surface area contributed by atoms with E-state index in [9.17, 15) is 9.59 Å². The van der Waals surface area contributed by atoms with E-state index in [0.29, 0.717) is 23.7 Å². The highest BCUT2D eigenvalue weighted by molar-refractivity contribution is 6.39. The first kappa shape index (κ1) is 20.7. The molecule has 156 valence electrons. The summed E-state index contributed by atoms with van der Waals surface area (Å²) in [6.07, 6.45) is 4.28. The topological polar surface area (TPSA) is 84.8 Å². The van der Waals surface area contributed by atoms with Gasteiger partial charge in [-0.05, 0) is 50.2 Å². The molecule has 0 radical (unpaired) electrons. The summed E-state index contributed by atoms with van der Waals surface area (Å²) in [5, 5.41) is 5.38. The molecule has 2 amide bonds. The highest BCUT2D eigenvalue weighted by Crippen LogP contribution is 2.29. The Labute approximate surface area is 170 Å². The van der Waals surface area contributed by atoms with Crippen molar-refractivity contribution in [2.75, 3.05) is 39.2 Å². The lowest BCUT2D eigenvalue weighted by atomic mass is 10.1. The van der Waals surface area contributed by atoms with E-state index < -0.39 is 11.8 Å². The normalized spacial score (nSPS) is 15.0. The van der Waals surface area contributed by atoms with Crippen LogP contribution in [0.5, 0.6) is 11.5 Å². The van der Waals surface area contributed by atoms with Gasteiger partial charge in [0, 0.05) is 31.5 Å². The largest absolute Gasteiger partial charge is 0.497 e. The maximum atomic E-state index is 12.5. The van der Waals surface area contributed by atoms with E-state index in [1.807, 2.05) is 19.3 Å². The van der Waals surface area contributed by atoms with Gasteiger partial charge in [0.25, 0.3) is 0 Å². The molecule has 1 saturated heterocycles. The van der Waals surface area contributed by atoms with Crippen LogP contribution in [0.2, 0.25) is 0 Å². The van der Waals surface area contributed by atoms with Crippen molar-refractivity contribution in [3.05, 3.63) is 42.2 Å². The van der Waals surface area contributed by atoms with Gasteiger partial charge in [-0.25, -0.2) is 0 Å². The molecular formula is C21H28N4O4. The Morgan fingerprint density at radius 3 is 2.48 bits per heavy atom. The van der Waals surface area contributed by atoms with Gasteiger partial charge in [-0.1, -0.05) is 0 Å². The third kappa shape index (κ3) is 4.89. The number of amides is 2. The van der Waals surface area contributed by atoms with Gasteiger partial charge >= 0.3 is 11.8 Å². The molecule has 1 fully saturated rings. The molecule has 0 saturated carbocycles. The standard InChI is InChI=1S/C21H28N4O4/c1-24-10-6-7-17(24)18(25-11-4-5-12-25)14-22-20(26)21(27)23-16-13-15(28-2)8-9-19(16)29-3/h6-10,13,18H,4-5,11-12,14H2,1-3H3,(H,22,26)(H,23,27). The number of aromatic nitrogens is 1. The number of rotatable bonds is 7. The van der Waals surface area contributed by atoms with Crippen LogP contribution >= 0.6 is 0 Å². The molecule has 8 nitrogen and oxygen atoms in total. The summed E-state index contributed by atoms with van der Waals surface area (Å²) in [5.74, 6) is -0.429.